The number of amides is 2. The molecule has 0 aliphatic carbocycles. The van der Waals surface area contributed by atoms with E-state index in [0.717, 1.165) is 9.32 Å². The number of carbonyl (C=O) groups is 3. The van der Waals surface area contributed by atoms with Gasteiger partial charge in [-0.15, -0.1) is 5.06 Å². The first-order valence-corrected chi connectivity index (χ1v) is 9.69. The van der Waals surface area contributed by atoms with Crippen LogP contribution in [0.1, 0.15) is 23.2 Å². The number of hydroxylamine groups is 2. The topological polar surface area (TPSA) is 72.9 Å². The lowest BCUT2D eigenvalue weighted by molar-refractivity contribution is -0.597. The van der Waals surface area contributed by atoms with Gasteiger partial charge in [-0.3, -0.25) is 9.59 Å². The molecule has 0 radical (unpaired) electrons. The van der Waals surface area contributed by atoms with Crippen LogP contribution in [0.5, 0.6) is 5.75 Å². The Hall–Kier alpha value is -2.42. The van der Waals surface area contributed by atoms with E-state index in [-0.39, 0.29) is 34.0 Å². The maximum atomic E-state index is 12.1. The lowest BCUT2D eigenvalue weighted by atomic mass is 10.2. The third kappa shape index (κ3) is 4.16. The first-order valence-electron chi connectivity index (χ1n) is 7.54. The van der Waals surface area contributed by atoms with Crippen molar-refractivity contribution in [3.05, 3.63) is 61.2 Å². The molecule has 0 atom stereocenters. The molecule has 0 bridgehead atoms. The lowest BCUT2D eigenvalue weighted by Gasteiger charge is -2.12. The van der Waals surface area contributed by atoms with Crippen molar-refractivity contribution < 1.29 is 45.2 Å². The Kier molecular flexibility index (Phi) is 5.32. The summed E-state index contributed by atoms with van der Waals surface area (Å²) in [6, 6.07) is 14.9. The van der Waals surface area contributed by atoms with Gasteiger partial charge in [-0.05, 0) is 48.5 Å². The van der Waals surface area contributed by atoms with Crippen LogP contribution in [0.3, 0.4) is 0 Å². The molecule has 2 aromatic rings. The van der Waals surface area contributed by atoms with Crippen LogP contribution in [0.4, 0.5) is 0 Å². The maximum Gasteiger partial charge on any atom is 0.363 e. The zero-order valence-corrected chi connectivity index (χ0v) is 15.6. The minimum Gasteiger partial charge on any atom is -0.497 e. The van der Waals surface area contributed by atoms with Gasteiger partial charge in [0.1, 0.15) is 5.75 Å². The SMILES string of the molecule is COc1ccc([I+]c2ccc(C(=O)ON3C(=O)CCC3=O)cc2)cc1. The van der Waals surface area contributed by atoms with Crippen LogP contribution in [0.25, 0.3) is 0 Å². The molecule has 25 heavy (non-hydrogen) atoms. The van der Waals surface area contributed by atoms with E-state index in [1.807, 2.05) is 36.4 Å². The Balaban J connectivity index is 1.64. The molecule has 1 heterocycles. The van der Waals surface area contributed by atoms with Gasteiger partial charge < -0.3 is 9.57 Å². The fourth-order valence-corrected chi connectivity index (χ4v) is 4.36. The zero-order chi connectivity index (χ0) is 17.8. The maximum absolute atomic E-state index is 12.1. The van der Waals surface area contributed by atoms with Crippen LogP contribution >= 0.6 is 0 Å². The summed E-state index contributed by atoms with van der Waals surface area (Å²) in [5.41, 5.74) is 0.301. The van der Waals surface area contributed by atoms with E-state index < -0.39 is 17.8 Å². The van der Waals surface area contributed by atoms with Gasteiger partial charge >= 0.3 is 27.2 Å². The first-order chi connectivity index (χ1) is 12.1. The highest BCUT2D eigenvalue weighted by molar-refractivity contribution is 6.02. The van der Waals surface area contributed by atoms with Crippen LogP contribution in [0, 0.1) is 7.14 Å². The molecule has 3 rings (SSSR count). The Morgan fingerprint density at radius 3 is 1.96 bits per heavy atom. The van der Waals surface area contributed by atoms with Crippen molar-refractivity contribution in [2.24, 2.45) is 0 Å². The molecule has 7 heteroatoms. The van der Waals surface area contributed by atoms with Crippen LogP contribution < -0.4 is 25.9 Å². The van der Waals surface area contributed by atoms with Crippen molar-refractivity contribution in [3.63, 3.8) is 0 Å². The summed E-state index contributed by atoms with van der Waals surface area (Å²) in [4.78, 5) is 39.9. The molecule has 2 aromatic carbocycles. The molecule has 1 saturated heterocycles. The molecular formula is C18H15INO5+. The Bertz CT molecular complexity index is 785. The molecule has 0 aromatic heterocycles. The number of hydrogen-bond acceptors (Lipinski definition) is 5. The van der Waals surface area contributed by atoms with Crippen molar-refractivity contribution in [3.8, 4) is 5.75 Å². The normalized spacial score (nSPS) is 13.9. The predicted molar refractivity (Wildman–Crippen MR) is 83.3 cm³/mol. The summed E-state index contributed by atoms with van der Waals surface area (Å²) < 4.78 is 7.50. The number of nitrogens with zero attached hydrogens (tertiary/aromatic N) is 1. The number of carbonyl (C=O) groups excluding carboxylic acids is 3. The standard InChI is InChI=1S/C18H15INO5/c1-24-15-8-6-14(7-9-15)19-13-4-2-12(3-5-13)18(23)25-20-16(21)10-11-17(20)22/h2-9H,10-11H2,1H3/q+1. The number of methoxy groups -OCH3 is 1. The molecule has 0 unspecified atom stereocenters. The van der Waals surface area contributed by atoms with Crippen molar-refractivity contribution in [1.82, 2.24) is 5.06 Å². The summed E-state index contributed by atoms with van der Waals surface area (Å²) in [5, 5.41) is 0.556. The molecule has 0 spiro atoms. The largest absolute Gasteiger partial charge is 0.497 e. The quantitative estimate of drug-likeness (QED) is 0.432. The summed E-state index contributed by atoms with van der Waals surface area (Å²) in [6.07, 6.45) is 0.161. The van der Waals surface area contributed by atoms with Gasteiger partial charge in [0.25, 0.3) is 11.8 Å². The van der Waals surface area contributed by atoms with Crippen LogP contribution in [-0.2, 0) is 14.4 Å². The smallest absolute Gasteiger partial charge is 0.363 e. The summed E-state index contributed by atoms with van der Waals surface area (Å²) >= 11 is -0.377. The molecule has 128 valence electrons. The van der Waals surface area contributed by atoms with E-state index in [2.05, 4.69) is 0 Å². The molecule has 0 N–H and O–H groups in total. The zero-order valence-electron chi connectivity index (χ0n) is 13.4. The van der Waals surface area contributed by atoms with E-state index in [4.69, 9.17) is 9.57 Å². The number of ether oxygens (including phenoxy) is 1. The predicted octanol–water partition coefficient (Wildman–Crippen LogP) is -0.956. The number of hydrogen-bond donors (Lipinski definition) is 0. The minimum absolute atomic E-state index is 0.0807. The van der Waals surface area contributed by atoms with E-state index in [1.54, 1.807) is 19.2 Å². The third-order valence-electron chi connectivity index (χ3n) is 3.53. The van der Waals surface area contributed by atoms with E-state index >= 15 is 0 Å². The van der Waals surface area contributed by atoms with Crippen molar-refractivity contribution >= 4 is 17.8 Å². The van der Waals surface area contributed by atoms with Crippen molar-refractivity contribution in [2.45, 2.75) is 12.8 Å². The monoisotopic (exact) mass is 452 g/mol. The van der Waals surface area contributed by atoms with E-state index in [1.165, 1.54) is 3.57 Å². The fraction of sp³-hybridized carbons (Fsp3) is 0.167. The molecule has 1 aliphatic heterocycles. The number of imide groups is 1. The van der Waals surface area contributed by atoms with Crippen molar-refractivity contribution in [2.75, 3.05) is 7.11 Å². The van der Waals surface area contributed by atoms with Gasteiger partial charge in [0.05, 0.1) is 12.7 Å². The minimum atomic E-state index is -0.710. The van der Waals surface area contributed by atoms with Crippen LogP contribution in [0.15, 0.2) is 48.5 Å². The van der Waals surface area contributed by atoms with Crippen LogP contribution in [-0.4, -0.2) is 30.0 Å². The molecule has 6 nitrogen and oxygen atoms in total. The number of rotatable bonds is 5. The molecule has 1 fully saturated rings. The van der Waals surface area contributed by atoms with Gasteiger partial charge in [0, 0.05) is 12.8 Å². The lowest BCUT2D eigenvalue weighted by Crippen LogP contribution is -3.61. The van der Waals surface area contributed by atoms with Gasteiger partial charge in [-0.2, -0.15) is 0 Å². The Morgan fingerprint density at radius 2 is 1.44 bits per heavy atom. The average molecular weight is 452 g/mol. The van der Waals surface area contributed by atoms with Gasteiger partial charge in [0.15, 0.2) is 7.14 Å². The highest BCUT2D eigenvalue weighted by Gasteiger charge is 2.33. The first kappa shape index (κ1) is 17.4. The summed E-state index contributed by atoms with van der Waals surface area (Å²) in [7, 11) is 1.63. The van der Waals surface area contributed by atoms with Crippen LogP contribution in [0.2, 0.25) is 0 Å². The Morgan fingerprint density at radius 1 is 0.920 bits per heavy atom. The fourth-order valence-electron chi connectivity index (χ4n) is 2.20. The Labute approximate surface area is 154 Å². The summed E-state index contributed by atoms with van der Waals surface area (Å²) in [5.74, 6) is -0.865. The molecule has 2 amide bonds. The van der Waals surface area contributed by atoms with Crippen molar-refractivity contribution in [1.29, 1.82) is 0 Å². The average Bonchev–Trinajstić information content (AvgIpc) is 2.95. The molecule has 1 aliphatic rings. The van der Waals surface area contributed by atoms with Gasteiger partial charge in [-0.1, -0.05) is 0 Å². The molecular weight excluding hydrogens is 437 g/mol. The number of halogens is 1. The van der Waals surface area contributed by atoms with E-state index in [9.17, 15) is 14.4 Å². The second-order valence-corrected chi connectivity index (χ2v) is 8.25. The second kappa shape index (κ2) is 7.64. The third-order valence-corrected chi connectivity index (χ3v) is 6.21. The second-order valence-electron chi connectivity index (χ2n) is 5.22. The summed E-state index contributed by atoms with van der Waals surface area (Å²) in [6.45, 7) is 0. The van der Waals surface area contributed by atoms with E-state index in [0.29, 0.717) is 10.6 Å². The highest BCUT2D eigenvalue weighted by Crippen LogP contribution is 2.14. The van der Waals surface area contributed by atoms with Gasteiger partial charge in [0.2, 0.25) is 0 Å². The van der Waals surface area contributed by atoms with Gasteiger partial charge in [-0.25, -0.2) is 4.79 Å². The molecule has 0 saturated carbocycles. The highest BCUT2D eigenvalue weighted by atomic mass is 127. The number of benzene rings is 2.